The Bertz CT molecular complexity index is 985. The summed E-state index contributed by atoms with van der Waals surface area (Å²) in [7, 11) is -3.25. The Hall–Kier alpha value is -2.32. The molecular weight excluding hydrogens is 384 g/mol. The van der Waals surface area contributed by atoms with Gasteiger partial charge in [0.05, 0.1) is 16.6 Å². The fourth-order valence-corrected chi connectivity index (χ4v) is 4.30. The van der Waals surface area contributed by atoms with Crippen molar-refractivity contribution in [2.45, 2.75) is 29.2 Å². The molecular formula is C19H20N2O4S2. The lowest BCUT2D eigenvalue weighted by Crippen LogP contribution is -2.26. The topological polar surface area (TPSA) is 92.3 Å². The normalized spacial score (nSPS) is 15.3. The minimum Gasteiger partial charge on any atom is -0.346 e. The Labute approximate surface area is 162 Å². The van der Waals surface area contributed by atoms with Crippen LogP contribution in [0.25, 0.3) is 0 Å². The standard InChI is InChI=1S/C19H20N2O4S2/c1-12(13-3-6-15(7-4-13)27(2,24)25)20-19(23)14-5-8-17-16(11-14)21-18(22)9-10-26-17/h3-8,11-12H,9-10H2,1-2H3,(H,20,23)(H,21,22). The quantitative estimate of drug-likeness (QED) is 0.817. The summed E-state index contributed by atoms with van der Waals surface area (Å²) < 4.78 is 23.1. The first-order valence-corrected chi connectivity index (χ1v) is 11.3. The Kier molecular flexibility index (Phi) is 5.57. The van der Waals surface area contributed by atoms with Crippen LogP contribution in [0.15, 0.2) is 52.3 Å². The molecule has 1 heterocycles. The molecule has 0 radical (unpaired) electrons. The fourth-order valence-electron chi connectivity index (χ4n) is 2.73. The Morgan fingerprint density at radius 2 is 1.89 bits per heavy atom. The number of hydrogen-bond acceptors (Lipinski definition) is 5. The van der Waals surface area contributed by atoms with Crippen LogP contribution < -0.4 is 10.6 Å². The molecule has 8 heteroatoms. The van der Waals surface area contributed by atoms with E-state index in [1.807, 2.05) is 13.0 Å². The number of amides is 2. The molecule has 1 aliphatic rings. The Morgan fingerprint density at radius 3 is 2.56 bits per heavy atom. The fraction of sp³-hybridized carbons (Fsp3) is 0.263. The minimum absolute atomic E-state index is 0.0573. The van der Waals surface area contributed by atoms with E-state index in [1.54, 1.807) is 36.0 Å². The molecule has 2 aromatic rings. The maximum Gasteiger partial charge on any atom is 0.251 e. The van der Waals surface area contributed by atoms with Crippen LogP contribution in [-0.2, 0) is 14.6 Å². The van der Waals surface area contributed by atoms with E-state index in [0.29, 0.717) is 23.4 Å². The van der Waals surface area contributed by atoms with Gasteiger partial charge in [0.15, 0.2) is 9.84 Å². The molecule has 0 bridgehead atoms. The summed E-state index contributed by atoms with van der Waals surface area (Å²) in [4.78, 5) is 25.5. The highest BCUT2D eigenvalue weighted by Crippen LogP contribution is 2.31. The molecule has 1 aliphatic heterocycles. The van der Waals surface area contributed by atoms with E-state index < -0.39 is 9.84 Å². The van der Waals surface area contributed by atoms with Crippen molar-refractivity contribution in [2.75, 3.05) is 17.3 Å². The number of carbonyl (C=O) groups is 2. The average molecular weight is 405 g/mol. The monoisotopic (exact) mass is 404 g/mol. The highest BCUT2D eigenvalue weighted by molar-refractivity contribution is 7.99. The van der Waals surface area contributed by atoms with Gasteiger partial charge in [-0.3, -0.25) is 9.59 Å². The van der Waals surface area contributed by atoms with E-state index in [4.69, 9.17) is 0 Å². The number of rotatable bonds is 4. The van der Waals surface area contributed by atoms with E-state index in [9.17, 15) is 18.0 Å². The van der Waals surface area contributed by atoms with Crippen molar-refractivity contribution >= 4 is 39.1 Å². The van der Waals surface area contributed by atoms with E-state index >= 15 is 0 Å². The summed E-state index contributed by atoms with van der Waals surface area (Å²) in [6.45, 7) is 1.83. The van der Waals surface area contributed by atoms with E-state index in [0.717, 1.165) is 16.7 Å². The number of hydrogen-bond donors (Lipinski definition) is 2. The molecule has 0 spiro atoms. The van der Waals surface area contributed by atoms with Crippen molar-refractivity contribution in [1.29, 1.82) is 0 Å². The molecule has 2 amide bonds. The number of sulfone groups is 1. The average Bonchev–Trinajstić information content (AvgIpc) is 2.80. The third kappa shape index (κ3) is 4.70. The highest BCUT2D eigenvalue weighted by Gasteiger charge is 2.17. The van der Waals surface area contributed by atoms with Gasteiger partial charge in [-0.2, -0.15) is 0 Å². The molecule has 2 N–H and O–H groups in total. The Morgan fingerprint density at radius 1 is 1.19 bits per heavy atom. The first-order valence-electron chi connectivity index (χ1n) is 8.41. The number of fused-ring (bicyclic) bond motifs is 1. The van der Waals surface area contributed by atoms with Crippen LogP contribution >= 0.6 is 11.8 Å². The molecule has 0 saturated carbocycles. The SMILES string of the molecule is CC(NC(=O)c1ccc2c(c1)NC(=O)CCS2)c1ccc(S(C)(=O)=O)cc1. The Balaban J connectivity index is 1.74. The first kappa shape index (κ1) is 19.4. The van der Waals surface area contributed by atoms with Gasteiger partial charge in [-0.15, -0.1) is 11.8 Å². The van der Waals surface area contributed by atoms with Gasteiger partial charge < -0.3 is 10.6 Å². The van der Waals surface area contributed by atoms with Gasteiger partial charge in [0, 0.05) is 28.9 Å². The number of anilines is 1. The number of carbonyl (C=O) groups excluding carboxylic acids is 2. The number of benzene rings is 2. The smallest absolute Gasteiger partial charge is 0.251 e. The van der Waals surface area contributed by atoms with Gasteiger partial charge in [-0.1, -0.05) is 12.1 Å². The van der Waals surface area contributed by atoms with Crippen molar-refractivity contribution in [1.82, 2.24) is 5.32 Å². The van der Waals surface area contributed by atoms with Gasteiger partial charge in [-0.05, 0) is 42.8 Å². The summed E-state index contributed by atoms with van der Waals surface area (Å²) in [6.07, 6.45) is 1.60. The minimum atomic E-state index is -3.25. The van der Waals surface area contributed by atoms with Crippen molar-refractivity contribution in [2.24, 2.45) is 0 Å². The second-order valence-corrected chi connectivity index (χ2v) is 9.55. The molecule has 6 nitrogen and oxygen atoms in total. The molecule has 27 heavy (non-hydrogen) atoms. The van der Waals surface area contributed by atoms with E-state index in [-0.39, 0.29) is 22.8 Å². The van der Waals surface area contributed by atoms with Crippen molar-refractivity contribution < 1.29 is 18.0 Å². The lowest BCUT2D eigenvalue weighted by Gasteiger charge is -2.16. The second-order valence-electron chi connectivity index (χ2n) is 6.39. The van der Waals surface area contributed by atoms with E-state index in [1.165, 1.54) is 12.1 Å². The summed E-state index contributed by atoms with van der Waals surface area (Å²) in [5.41, 5.74) is 1.91. The van der Waals surface area contributed by atoms with Crippen LogP contribution in [-0.4, -0.2) is 32.2 Å². The van der Waals surface area contributed by atoms with E-state index in [2.05, 4.69) is 10.6 Å². The van der Waals surface area contributed by atoms with Crippen LogP contribution in [0.4, 0.5) is 5.69 Å². The summed E-state index contributed by atoms with van der Waals surface area (Å²) in [6, 6.07) is 11.4. The second kappa shape index (κ2) is 7.74. The van der Waals surface area contributed by atoms with Crippen molar-refractivity contribution in [3.05, 3.63) is 53.6 Å². The van der Waals surface area contributed by atoms with Crippen LogP contribution in [0.5, 0.6) is 0 Å². The van der Waals surface area contributed by atoms with Gasteiger partial charge in [-0.25, -0.2) is 8.42 Å². The van der Waals surface area contributed by atoms with Gasteiger partial charge in [0.25, 0.3) is 5.91 Å². The first-order chi connectivity index (χ1) is 12.7. The predicted molar refractivity (Wildman–Crippen MR) is 106 cm³/mol. The maximum absolute atomic E-state index is 12.6. The molecule has 0 saturated heterocycles. The summed E-state index contributed by atoms with van der Waals surface area (Å²) >= 11 is 1.58. The summed E-state index contributed by atoms with van der Waals surface area (Å²) in [5.74, 6) is 0.393. The number of thioether (sulfide) groups is 1. The van der Waals surface area contributed by atoms with Crippen molar-refractivity contribution in [3.63, 3.8) is 0 Å². The lowest BCUT2D eigenvalue weighted by molar-refractivity contribution is -0.115. The number of nitrogens with one attached hydrogen (secondary N) is 2. The molecule has 1 atom stereocenters. The molecule has 0 aliphatic carbocycles. The zero-order valence-electron chi connectivity index (χ0n) is 15.0. The predicted octanol–water partition coefficient (Wildman–Crippen LogP) is 3.02. The third-order valence-electron chi connectivity index (χ3n) is 4.26. The molecule has 142 valence electrons. The van der Waals surface area contributed by atoms with Crippen LogP contribution in [0.3, 0.4) is 0 Å². The summed E-state index contributed by atoms with van der Waals surface area (Å²) in [5, 5.41) is 5.72. The maximum atomic E-state index is 12.6. The zero-order valence-corrected chi connectivity index (χ0v) is 16.6. The molecule has 2 aromatic carbocycles. The zero-order chi connectivity index (χ0) is 19.6. The largest absolute Gasteiger partial charge is 0.346 e. The van der Waals surface area contributed by atoms with Gasteiger partial charge in [0.2, 0.25) is 5.91 Å². The molecule has 3 rings (SSSR count). The van der Waals surface area contributed by atoms with Gasteiger partial charge in [0.1, 0.15) is 0 Å². The van der Waals surface area contributed by atoms with Crippen LogP contribution in [0.1, 0.15) is 35.3 Å². The van der Waals surface area contributed by atoms with Crippen LogP contribution in [0, 0.1) is 0 Å². The molecule has 0 fully saturated rings. The van der Waals surface area contributed by atoms with Gasteiger partial charge >= 0.3 is 0 Å². The van der Waals surface area contributed by atoms with Crippen molar-refractivity contribution in [3.8, 4) is 0 Å². The van der Waals surface area contributed by atoms with Crippen LogP contribution in [0.2, 0.25) is 0 Å². The molecule has 0 aromatic heterocycles. The third-order valence-corrected chi connectivity index (χ3v) is 6.46. The lowest BCUT2D eigenvalue weighted by atomic mass is 10.1. The molecule has 1 unspecified atom stereocenters. The highest BCUT2D eigenvalue weighted by atomic mass is 32.2.